The maximum Gasteiger partial charge on any atom is 0.266 e. The summed E-state index contributed by atoms with van der Waals surface area (Å²) >= 11 is 0. The third-order valence-corrected chi connectivity index (χ3v) is 4.57. The van der Waals surface area contributed by atoms with Crippen LogP contribution in [0.15, 0.2) is 72.3 Å². The number of carbonyl (C=O) groups excluding carboxylic acids is 1. The highest BCUT2D eigenvalue weighted by Gasteiger charge is 2.12. The number of ether oxygens (including phenoxy) is 1. The highest BCUT2D eigenvalue weighted by molar-refractivity contribution is 6.09. The van der Waals surface area contributed by atoms with Gasteiger partial charge < -0.3 is 10.1 Å². The summed E-state index contributed by atoms with van der Waals surface area (Å²) in [6, 6.07) is 21.0. The van der Waals surface area contributed by atoms with Crippen molar-refractivity contribution < 1.29 is 13.9 Å². The van der Waals surface area contributed by atoms with Gasteiger partial charge in [0.25, 0.3) is 5.91 Å². The summed E-state index contributed by atoms with van der Waals surface area (Å²) in [4.78, 5) is 12.6. The molecule has 1 N–H and O–H groups in total. The van der Waals surface area contributed by atoms with E-state index in [2.05, 4.69) is 5.32 Å². The molecule has 0 heterocycles. The number of hydrogen-bond acceptors (Lipinski definition) is 3. The van der Waals surface area contributed by atoms with Crippen LogP contribution >= 0.6 is 0 Å². The van der Waals surface area contributed by atoms with E-state index in [1.807, 2.05) is 43.3 Å². The molecule has 0 saturated heterocycles. The highest BCUT2D eigenvalue weighted by atomic mass is 19.1. The number of hydrogen-bond donors (Lipinski definition) is 1. The van der Waals surface area contributed by atoms with Crippen molar-refractivity contribution in [1.82, 2.24) is 0 Å². The van der Waals surface area contributed by atoms with Crippen molar-refractivity contribution in [3.8, 4) is 11.8 Å². The Labute approximate surface area is 175 Å². The first-order chi connectivity index (χ1) is 14.5. The molecule has 0 spiro atoms. The second-order valence-corrected chi connectivity index (χ2v) is 6.86. The van der Waals surface area contributed by atoms with Gasteiger partial charge in [-0.05, 0) is 78.1 Å². The van der Waals surface area contributed by atoms with E-state index in [0.717, 1.165) is 16.7 Å². The molecular formula is C25H21FN2O2. The van der Waals surface area contributed by atoms with Crippen LogP contribution < -0.4 is 10.1 Å². The van der Waals surface area contributed by atoms with Crippen LogP contribution in [-0.4, -0.2) is 13.0 Å². The van der Waals surface area contributed by atoms with Crippen molar-refractivity contribution >= 4 is 17.7 Å². The third-order valence-electron chi connectivity index (χ3n) is 4.57. The number of nitrogens with zero attached hydrogens (tertiary/aromatic N) is 1. The first kappa shape index (κ1) is 20.8. The maximum absolute atomic E-state index is 13.6. The minimum Gasteiger partial charge on any atom is -0.497 e. The molecule has 4 nitrogen and oxygen atoms in total. The Morgan fingerprint density at radius 1 is 1.13 bits per heavy atom. The lowest BCUT2D eigenvalue weighted by Gasteiger charge is -2.10. The molecule has 0 radical (unpaired) electrons. The highest BCUT2D eigenvalue weighted by Crippen LogP contribution is 2.24. The molecular weight excluding hydrogens is 379 g/mol. The van der Waals surface area contributed by atoms with Crippen LogP contribution in [0.3, 0.4) is 0 Å². The van der Waals surface area contributed by atoms with Gasteiger partial charge in [-0.25, -0.2) is 4.39 Å². The van der Waals surface area contributed by atoms with Gasteiger partial charge in [-0.1, -0.05) is 30.3 Å². The first-order valence-electron chi connectivity index (χ1n) is 9.39. The van der Waals surface area contributed by atoms with Gasteiger partial charge in [0.2, 0.25) is 0 Å². The van der Waals surface area contributed by atoms with Crippen LogP contribution in [-0.2, 0) is 11.2 Å². The van der Waals surface area contributed by atoms with Crippen LogP contribution in [0.2, 0.25) is 0 Å². The molecule has 0 aliphatic rings. The van der Waals surface area contributed by atoms with E-state index in [1.54, 1.807) is 37.5 Å². The number of rotatable bonds is 6. The maximum atomic E-state index is 13.6. The molecule has 5 heteroatoms. The number of methoxy groups -OCH3 is 1. The lowest BCUT2D eigenvalue weighted by molar-refractivity contribution is -0.112. The summed E-state index contributed by atoms with van der Waals surface area (Å²) < 4.78 is 18.9. The van der Waals surface area contributed by atoms with Crippen molar-refractivity contribution in [3.63, 3.8) is 0 Å². The Bertz CT molecular complexity index is 1150. The number of nitrogens with one attached hydrogen (secondary N) is 1. The molecule has 0 aliphatic heterocycles. The molecule has 3 rings (SSSR count). The van der Waals surface area contributed by atoms with Crippen LogP contribution in [0.5, 0.6) is 5.75 Å². The Kier molecular flexibility index (Phi) is 6.61. The molecule has 150 valence electrons. The van der Waals surface area contributed by atoms with Gasteiger partial charge >= 0.3 is 0 Å². The van der Waals surface area contributed by atoms with E-state index >= 15 is 0 Å². The molecule has 0 unspecified atom stereocenters. The summed E-state index contributed by atoms with van der Waals surface area (Å²) in [6.45, 7) is 1.92. The van der Waals surface area contributed by atoms with Crippen molar-refractivity contribution in [3.05, 3.63) is 100 Å². The molecule has 0 bridgehead atoms. The SMILES string of the molecule is COc1ccc(/C=C(\C#N)C(=O)Nc2cccc(C)c2)c(Cc2cccc(F)c2)c1. The number of aryl methyl sites for hydroxylation is 1. The second-order valence-electron chi connectivity index (χ2n) is 6.86. The normalized spacial score (nSPS) is 10.9. The number of halogens is 1. The van der Waals surface area contributed by atoms with Gasteiger partial charge in [0.15, 0.2) is 0 Å². The molecule has 0 aliphatic carbocycles. The number of amides is 1. The number of benzene rings is 3. The Hall–Kier alpha value is -3.91. The fourth-order valence-corrected chi connectivity index (χ4v) is 3.10. The largest absolute Gasteiger partial charge is 0.497 e. The van der Waals surface area contributed by atoms with E-state index in [1.165, 1.54) is 12.1 Å². The zero-order valence-electron chi connectivity index (χ0n) is 16.8. The van der Waals surface area contributed by atoms with Gasteiger partial charge in [-0.3, -0.25) is 4.79 Å². The monoisotopic (exact) mass is 400 g/mol. The molecule has 3 aromatic carbocycles. The minimum absolute atomic E-state index is 0.0258. The summed E-state index contributed by atoms with van der Waals surface area (Å²) in [5, 5.41) is 12.3. The first-order valence-corrected chi connectivity index (χ1v) is 9.39. The Morgan fingerprint density at radius 3 is 2.63 bits per heavy atom. The molecule has 30 heavy (non-hydrogen) atoms. The third kappa shape index (κ3) is 5.33. The van der Waals surface area contributed by atoms with Crippen LogP contribution in [0.4, 0.5) is 10.1 Å². The second kappa shape index (κ2) is 9.53. The predicted octanol–water partition coefficient (Wildman–Crippen LogP) is 5.28. The summed E-state index contributed by atoms with van der Waals surface area (Å²) in [5.41, 5.74) is 3.88. The van der Waals surface area contributed by atoms with Gasteiger partial charge in [-0.2, -0.15) is 5.26 Å². The molecule has 3 aromatic rings. The predicted molar refractivity (Wildman–Crippen MR) is 116 cm³/mol. The smallest absolute Gasteiger partial charge is 0.266 e. The fourth-order valence-electron chi connectivity index (χ4n) is 3.10. The van der Waals surface area contributed by atoms with E-state index in [9.17, 15) is 14.4 Å². The van der Waals surface area contributed by atoms with Crippen molar-refractivity contribution in [2.24, 2.45) is 0 Å². The van der Waals surface area contributed by atoms with Gasteiger partial charge in [0, 0.05) is 5.69 Å². The molecule has 0 aromatic heterocycles. The van der Waals surface area contributed by atoms with E-state index in [4.69, 9.17) is 4.74 Å². The summed E-state index contributed by atoms with van der Waals surface area (Å²) in [6.07, 6.45) is 1.97. The molecule has 0 fully saturated rings. The quantitative estimate of drug-likeness (QED) is 0.452. The number of nitriles is 1. The number of carbonyl (C=O) groups is 1. The zero-order chi connectivity index (χ0) is 21.5. The Balaban J connectivity index is 1.93. The average molecular weight is 400 g/mol. The lowest BCUT2D eigenvalue weighted by atomic mass is 9.97. The summed E-state index contributed by atoms with van der Waals surface area (Å²) in [7, 11) is 1.56. The van der Waals surface area contributed by atoms with Crippen LogP contribution in [0.1, 0.15) is 22.3 Å². The molecule has 0 atom stereocenters. The van der Waals surface area contributed by atoms with Crippen LogP contribution in [0, 0.1) is 24.1 Å². The van der Waals surface area contributed by atoms with Gasteiger partial charge in [-0.15, -0.1) is 0 Å². The summed E-state index contributed by atoms with van der Waals surface area (Å²) in [5.74, 6) is -0.167. The van der Waals surface area contributed by atoms with Gasteiger partial charge in [0.05, 0.1) is 7.11 Å². The Morgan fingerprint density at radius 2 is 1.93 bits per heavy atom. The molecule has 0 saturated carbocycles. The average Bonchev–Trinajstić information content (AvgIpc) is 2.72. The topological polar surface area (TPSA) is 62.1 Å². The lowest BCUT2D eigenvalue weighted by Crippen LogP contribution is -2.13. The van der Waals surface area contributed by atoms with E-state index in [-0.39, 0.29) is 11.4 Å². The minimum atomic E-state index is -0.490. The van der Waals surface area contributed by atoms with Crippen LogP contribution in [0.25, 0.3) is 6.08 Å². The zero-order valence-corrected chi connectivity index (χ0v) is 16.8. The van der Waals surface area contributed by atoms with Crippen molar-refractivity contribution in [1.29, 1.82) is 5.26 Å². The number of anilines is 1. The van der Waals surface area contributed by atoms with E-state index in [0.29, 0.717) is 23.4 Å². The van der Waals surface area contributed by atoms with Crippen molar-refractivity contribution in [2.75, 3.05) is 12.4 Å². The standard InChI is InChI=1S/C25H21FN2O2/c1-17-5-3-8-23(11-17)28-25(29)21(16-27)14-19-9-10-24(30-2)15-20(19)12-18-6-4-7-22(26)13-18/h3-11,13-15H,12H2,1-2H3,(H,28,29)/b21-14+. The van der Waals surface area contributed by atoms with E-state index < -0.39 is 5.91 Å². The molecule has 1 amide bonds. The van der Waals surface area contributed by atoms with Crippen molar-refractivity contribution in [2.45, 2.75) is 13.3 Å². The fraction of sp³-hybridized carbons (Fsp3) is 0.120. The van der Waals surface area contributed by atoms with Gasteiger partial charge in [0.1, 0.15) is 23.2 Å².